The maximum absolute atomic E-state index is 12.3. The van der Waals surface area contributed by atoms with Crippen molar-refractivity contribution in [2.24, 2.45) is 0 Å². The molecule has 3 N–H and O–H groups in total. The lowest BCUT2D eigenvalue weighted by Gasteiger charge is -2.14. The normalized spacial score (nSPS) is 13.0. The molecule has 2 amide bonds. The van der Waals surface area contributed by atoms with Gasteiger partial charge in [0, 0.05) is 6.07 Å². The van der Waals surface area contributed by atoms with Gasteiger partial charge < -0.3 is 10.5 Å². The molecular formula is C15H13N3O4. The van der Waals surface area contributed by atoms with Crippen LogP contribution in [-0.4, -0.2) is 23.5 Å². The zero-order chi connectivity index (χ0) is 16.0. The Morgan fingerprint density at radius 3 is 2.50 bits per heavy atom. The molecule has 7 heteroatoms. The molecule has 1 aliphatic heterocycles. The molecule has 0 bridgehead atoms. The van der Waals surface area contributed by atoms with Crippen LogP contribution in [0.5, 0.6) is 5.75 Å². The van der Waals surface area contributed by atoms with E-state index in [1.54, 1.807) is 32.2 Å². The van der Waals surface area contributed by atoms with E-state index in [4.69, 9.17) is 10.5 Å². The number of hydrogen-bond acceptors (Lipinski definition) is 5. The Labute approximate surface area is 125 Å². The van der Waals surface area contributed by atoms with Gasteiger partial charge in [0.05, 0.1) is 23.9 Å². The number of carbonyl (C=O) groups excluding carboxylic acids is 2. The molecule has 7 nitrogen and oxygen atoms in total. The molecule has 0 fully saturated rings. The summed E-state index contributed by atoms with van der Waals surface area (Å²) in [6.07, 6.45) is 0. The lowest BCUT2D eigenvalue weighted by Crippen LogP contribution is -2.24. The van der Waals surface area contributed by atoms with E-state index in [9.17, 15) is 14.4 Å². The Bertz CT molecular complexity index is 883. The number of nitrogens with two attached hydrogens (primary N) is 1. The molecule has 1 aromatic carbocycles. The zero-order valence-corrected chi connectivity index (χ0v) is 12.0. The summed E-state index contributed by atoms with van der Waals surface area (Å²) in [5.41, 5.74) is 6.81. The molecule has 1 aliphatic rings. The fourth-order valence-electron chi connectivity index (χ4n) is 2.53. The van der Waals surface area contributed by atoms with Crippen molar-refractivity contribution in [1.82, 2.24) is 9.88 Å². The molecule has 0 unspecified atom stereocenters. The van der Waals surface area contributed by atoms with Crippen molar-refractivity contribution >= 4 is 17.6 Å². The molecule has 0 radical (unpaired) electrons. The van der Waals surface area contributed by atoms with Gasteiger partial charge in [0.2, 0.25) is 0 Å². The van der Waals surface area contributed by atoms with Crippen LogP contribution in [0.4, 0.5) is 5.82 Å². The number of ether oxygens (including phenoxy) is 1. The number of aryl methyl sites for hydroxylation is 1. The fourth-order valence-corrected chi connectivity index (χ4v) is 2.53. The number of nitrogens with zero attached hydrogens (tertiary/aromatic N) is 1. The van der Waals surface area contributed by atoms with Crippen LogP contribution < -0.4 is 21.3 Å². The number of benzene rings is 1. The predicted molar refractivity (Wildman–Crippen MR) is 79.5 cm³/mol. The standard InChI is InChI=1S/C15H13N3O4/c1-7-5-8(22-2)3-4-10(7)18-11(19)6-9-12(13(18)16)15(21)17-14(9)20/h3-6H,16H2,1-2H3,(H,17,20,21). The molecule has 0 spiro atoms. The average molecular weight is 299 g/mol. The van der Waals surface area contributed by atoms with Crippen molar-refractivity contribution in [3.63, 3.8) is 0 Å². The lowest BCUT2D eigenvalue weighted by atomic mass is 10.1. The van der Waals surface area contributed by atoms with E-state index in [1.165, 1.54) is 4.57 Å². The highest BCUT2D eigenvalue weighted by Gasteiger charge is 2.32. The van der Waals surface area contributed by atoms with Gasteiger partial charge >= 0.3 is 0 Å². The second kappa shape index (κ2) is 4.73. The fraction of sp³-hybridized carbons (Fsp3) is 0.133. The summed E-state index contributed by atoms with van der Waals surface area (Å²) in [6, 6.07) is 6.23. The minimum Gasteiger partial charge on any atom is -0.497 e. The van der Waals surface area contributed by atoms with Gasteiger partial charge in [-0.3, -0.25) is 24.3 Å². The lowest BCUT2D eigenvalue weighted by molar-refractivity contribution is 0.0880. The molecule has 2 heterocycles. The summed E-state index contributed by atoms with van der Waals surface area (Å²) in [6.45, 7) is 1.79. The number of amides is 2. The van der Waals surface area contributed by atoms with Gasteiger partial charge in [-0.25, -0.2) is 0 Å². The van der Waals surface area contributed by atoms with E-state index in [1.807, 2.05) is 0 Å². The summed E-state index contributed by atoms with van der Waals surface area (Å²) in [4.78, 5) is 35.8. The highest BCUT2D eigenvalue weighted by Crippen LogP contribution is 2.25. The van der Waals surface area contributed by atoms with Crippen LogP contribution in [0.25, 0.3) is 5.69 Å². The largest absolute Gasteiger partial charge is 0.497 e. The van der Waals surface area contributed by atoms with E-state index >= 15 is 0 Å². The SMILES string of the molecule is COc1ccc(-n2c(N)c3c(cc2=O)C(=O)NC3=O)c(C)c1. The summed E-state index contributed by atoms with van der Waals surface area (Å²) in [5, 5.41) is 2.13. The Morgan fingerprint density at radius 2 is 1.86 bits per heavy atom. The number of carbonyl (C=O) groups is 2. The number of methoxy groups -OCH3 is 1. The van der Waals surface area contributed by atoms with Gasteiger partial charge in [0.25, 0.3) is 17.4 Å². The van der Waals surface area contributed by atoms with Crippen molar-refractivity contribution in [3.05, 3.63) is 51.3 Å². The van der Waals surface area contributed by atoms with E-state index < -0.39 is 17.4 Å². The second-order valence-corrected chi connectivity index (χ2v) is 4.93. The number of imide groups is 1. The second-order valence-electron chi connectivity index (χ2n) is 4.93. The van der Waals surface area contributed by atoms with Crippen LogP contribution in [-0.2, 0) is 0 Å². The van der Waals surface area contributed by atoms with Crippen LogP contribution in [0.15, 0.2) is 29.1 Å². The van der Waals surface area contributed by atoms with Crippen molar-refractivity contribution in [2.75, 3.05) is 12.8 Å². The number of pyridine rings is 1. The number of anilines is 1. The molecule has 22 heavy (non-hydrogen) atoms. The number of aromatic nitrogens is 1. The maximum Gasteiger partial charge on any atom is 0.262 e. The third-order valence-corrected chi connectivity index (χ3v) is 3.60. The van der Waals surface area contributed by atoms with Crippen LogP contribution in [0.3, 0.4) is 0 Å². The van der Waals surface area contributed by atoms with Gasteiger partial charge in [0.1, 0.15) is 11.6 Å². The Hall–Kier alpha value is -3.09. The van der Waals surface area contributed by atoms with Gasteiger partial charge in [-0.2, -0.15) is 0 Å². The maximum atomic E-state index is 12.3. The Balaban J connectivity index is 2.30. The minimum absolute atomic E-state index is 0.00918. The number of nitrogens with one attached hydrogen (secondary N) is 1. The summed E-state index contributed by atoms with van der Waals surface area (Å²) < 4.78 is 6.34. The minimum atomic E-state index is -0.609. The molecule has 0 aliphatic carbocycles. The molecule has 2 aromatic rings. The highest BCUT2D eigenvalue weighted by molar-refractivity contribution is 6.23. The van der Waals surface area contributed by atoms with E-state index in [0.29, 0.717) is 11.4 Å². The van der Waals surface area contributed by atoms with Crippen molar-refractivity contribution in [3.8, 4) is 11.4 Å². The highest BCUT2D eigenvalue weighted by atomic mass is 16.5. The average Bonchev–Trinajstić information content (AvgIpc) is 2.75. The molecule has 0 atom stereocenters. The topological polar surface area (TPSA) is 103 Å². The Kier molecular flexibility index (Phi) is 2.98. The molecule has 0 saturated heterocycles. The number of fused-ring (bicyclic) bond motifs is 1. The third-order valence-electron chi connectivity index (χ3n) is 3.60. The number of hydrogen-bond donors (Lipinski definition) is 2. The smallest absolute Gasteiger partial charge is 0.262 e. The van der Waals surface area contributed by atoms with Gasteiger partial charge in [-0.1, -0.05) is 0 Å². The number of nitrogen functional groups attached to an aromatic ring is 1. The monoisotopic (exact) mass is 299 g/mol. The number of rotatable bonds is 2. The summed E-state index contributed by atoms with van der Waals surface area (Å²) in [7, 11) is 1.54. The van der Waals surface area contributed by atoms with Gasteiger partial charge in [-0.05, 0) is 30.7 Å². The van der Waals surface area contributed by atoms with Crippen molar-refractivity contribution in [1.29, 1.82) is 0 Å². The molecule has 0 saturated carbocycles. The first-order valence-electron chi connectivity index (χ1n) is 6.50. The first-order chi connectivity index (χ1) is 10.4. The predicted octanol–water partition coefficient (Wildman–Crippen LogP) is 0.620. The Morgan fingerprint density at radius 1 is 1.14 bits per heavy atom. The van der Waals surface area contributed by atoms with E-state index in [-0.39, 0.29) is 16.9 Å². The van der Waals surface area contributed by atoms with Gasteiger partial charge in [-0.15, -0.1) is 0 Å². The van der Waals surface area contributed by atoms with Crippen LogP contribution in [0, 0.1) is 6.92 Å². The molecule has 112 valence electrons. The van der Waals surface area contributed by atoms with Crippen molar-refractivity contribution in [2.45, 2.75) is 6.92 Å². The molecule has 1 aromatic heterocycles. The van der Waals surface area contributed by atoms with E-state index in [0.717, 1.165) is 11.6 Å². The van der Waals surface area contributed by atoms with E-state index in [2.05, 4.69) is 5.32 Å². The first kappa shape index (κ1) is 13.9. The van der Waals surface area contributed by atoms with Crippen molar-refractivity contribution < 1.29 is 14.3 Å². The zero-order valence-electron chi connectivity index (χ0n) is 12.0. The third kappa shape index (κ3) is 1.86. The van der Waals surface area contributed by atoms with Gasteiger partial charge in [0.15, 0.2) is 0 Å². The van der Waals surface area contributed by atoms with Crippen LogP contribution >= 0.6 is 0 Å². The quantitative estimate of drug-likeness (QED) is 0.791. The summed E-state index contributed by atoms with van der Waals surface area (Å²) >= 11 is 0. The first-order valence-corrected chi connectivity index (χ1v) is 6.50. The summed E-state index contributed by atoms with van der Waals surface area (Å²) in [5.74, 6) is -0.624. The molecular weight excluding hydrogens is 286 g/mol. The van der Waals surface area contributed by atoms with Crippen LogP contribution in [0.2, 0.25) is 0 Å². The molecule has 3 rings (SSSR count). The van der Waals surface area contributed by atoms with Crippen LogP contribution in [0.1, 0.15) is 26.3 Å².